The van der Waals surface area contributed by atoms with Crippen LogP contribution in [-0.2, 0) is 6.61 Å². The molecule has 0 atom stereocenters. The smallest absolute Gasteiger partial charge is 0.273 e. The van der Waals surface area contributed by atoms with Gasteiger partial charge in [-0.1, -0.05) is 6.57 Å². The number of benzene rings is 1. The van der Waals surface area contributed by atoms with Crippen LogP contribution in [0, 0.1) is 18.2 Å². The normalized spacial score (nSPS) is 10.6. The molecule has 0 radical (unpaired) electrons. The largest absolute Gasteiger partial charge is 0.455 e. The molecule has 0 fully saturated rings. The molecule has 0 aliphatic rings. The van der Waals surface area contributed by atoms with Gasteiger partial charge in [0.2, 0.25) is 5.82 Å². The number of halogens is 2. The van der Waals surface area contributed by atoms with Crippen molar-refractivity contribution in [1.29, 1.82) is 0 Å². The van der Waals surface area contributed by atoms with Gasteiger partial charge in [0.05, 0.1) is 12.1 Å². The molecule has 3 rings (SSSR count). The summed E-state index contributed by atoms with van der Waals surface area (Å²) in [6.07, 6.45) is 2.77. The van der Waals surface area contributed by atoms with Gasteiger partial charge in [0.25, 0.3) is 5.82 Å². The van der Waals surface area contributed by atoms with Gasteiger partial charge in [-0.25, -0.2) is 4.39 Å². The number of aliphatic hydroxyl groups is 1. The Morgan fingerprint density at radius 3 is 2.86 bits per heavy atom. The molecule has 0 saturated carbocycles. The number of aliphatic hydroxyl groups excluding tert-OH is 1. The Kier molecular flexibility index (Phi) is 3.45. The minimum Gasteiger partial charge on any atom is -0.455 e. The third-order valence-electron chi connectivity index (χ3n) is 3.17. The number of hydrogen-bond acceptors (Lipinski definition) is 3. The highest BCUT2D eigenvalue weighted by Gasteiger charge is 2.22. The first-order valence-electron chi connectivity index (χ1n) is 6.25. The molecule has 2 heterocycles. The van der Waals surface area contributed by atoms with Crippen molar-refractivity contribution in [2.24, 2.45) is 0 Å². The fraction of sp³-hybridized carbons (Fsp3) is 0.0667. The number of hydrogen-bond donors (Lipinski definition) is 2. The quantitative estimate of drug-likeness (QED) is 0.725. The Morgan fingerprint density at radius 2 is 2.14 bits per heavy atom. The van der Waals surface area contributed by atoms with Crippen molar-refractivity contribution in [2.45, 2.75) is 6.61 Å². The van der Waals surface area contributed by atoms with E-state index >= 15 is 0 Å². The molecule has 2 N–H and O–H groups in total. The van der Waals surface area contributed by atoms with Crippen LogP contribution in [0.5, 0.6) is 11.5 Å². The molecule has 0 aliphatic carbocycles. The number of rotatable bonds is 3. The van der Waals surface area contributed by atoms with Gasteiger partial charge in [-0.3, -0.25) is 0 Å². The molecule has 0 spiro atoms. The van der Waals surface area contributed by atoms with Crippen LogP contribution in [0.25, 0.3) is 15.7 Å². The van der Waals surface area contributed by atoms with Crippen molar-refractivity contribution in [1.82, 2.24) is 9.97 Å². The molecular weight excluding hydrogens is 292 g/mol. The van der Waals surface area contributed by atoms with Crippen molar-refractivity contribution in [3.8, 4) is 11.5 Å². The van der Waals surface area contributed by atoms with Gasteiger partial charge < -0.3 is 19.7 Å². The molecule has 3 aromatic rings. The molecule has 0 amide bonds. The summed E-state index contributed by atoms with van der Waals surface area (Å²) in [4.78, 5) is 9.48. The van der Waals surface area contributed by atoms with Gasteiger partial charge in [0, 0.05) is 29.3 Å². The van der Waals surface area contributed by atoms with Gasteiger partial charge in [0.1, 0.15) is 11.9 Å². The lowest BCUT2D eigenvalue weighted by Crippen LogP contribution is -2.00. The summed E-state index contributed by atoms with van der Waals surface area (Å²) >= 11 is 0. The second-order valence-corrected chi connectivity index (χ2v) is 4.42. The van der Waals surface area contributed by atoms with E-state index in [1.165, 1.54) is 30.6 Å². The van der Waals surface area contributed by atoms with Crippen molar-refractivity contribution in [3.63, 3.8) is 0 Å². The van der Waals surface area contributed by atoms with E-state index in [2.05, 4.69) is 14.8 Å². The Bertz CT molecular complexity index is 900. The van der Waals surface area contributed by atoms with Gasteiger partial charge in [-0.15, -0.1) is 4.98 Å². The van der Waals surface area contributed by atoms with Gasteiger partial charge in [-0.05, 0) is 6.07 Å². The third kappa shape index (κ3) is 2.16. The van der Waals surface area contributed by atoms with Crippen LogP contribution in [0.3, 0.4) is 0 Å². The van der Waals surface area contributed by atoms with Crippen molar-refractivity contribution >= 4 is 16.7 Å². The Hall–Kier alpha value is -2.98. The first-order valence-corrected chi connectivity index (χ1v) is 6.25. The SMILES string of the molecule is [C-]#[N+]c1cc(Oc2c(F)c(F)c3[nH]ccc3c2CO)ccn1. The van der Waals surface area contributed by atoms with Crippen LogP contribution in [-0.4, -0.2) is 15.1 Å². The summed E-state index contributed by atoms with van der Waals surface area (Å²) in [7, 11) is 0. The molecule has 22 heavy (non-hydrogen) atoms. The summed E-state index contributed by atoms with van der Waals surface area (Å²) in [5.41, 5.74) is 0.0850. The number of H-pyrrole nitrogens is 1. The fourth-order valence-corrected chi connectivity index (χ4v) is 2.17. The molecule has 5 nitrogen and oxygen atoms in total. The standard InChI is InChI=1S/C15H9F2N3O2/c1-18-11-6-8(2-4-19-11)22-15-10(7-21)9-3-5-20-14(9)12(16)13(15)17/h2-6,20-21H,7H2. The van der Waals surface area contributed by atoms with Crippen molar-refractivity contribution in [3.05, 3.63) is 59.2 Å². The Labute approximate surface area is 123 Å². The van der Waals surface area contributed by atoms with Crippen LogP contribution in [0.4, 0.5) is 14.6 Å². The zero-order valence-electron chi connectivity index (χ0n) is 11.1. The molecule has 2 aromatic heterocycles. The number of nitrogens with zero attached hydrogens (tertiary/aromatic N) is 2. The number of aromatic nitrogens is 2. The van der Waals surface area contributed by atoms with E-state index in [-0.39, 0.29) is 22.6 Å². The summed E-state index contributed by atoms with van der Waals surface area (Å²) in [6.45, 7) is 6.36. The maximum Gasteiger partial charge on any atom is 0.273 e. The van der Waals surface area contributed by atoms with Crippen LogP contribution >= 0.6 is 0 Å². The zero-order valence-corrected chi connectivity index (χ0v) is 11.1. The van der Waals surface area contributed by atoms with E-state index in [0.717, 1.165) is 0 Å². The average molecular weight is 301 g/mol. The summed E-state index contributed by atoms with van der Waals surface area (Å²) in [5.74, 6) is -2.52. The van der Waals surface area contributed by atoms with E-state index in [4.69, 9.17) is 11.3 Å². The lowest BCUT2D eigenvalue weighted by Gasteiger charge is -2.13. The summed E-state index contributed by atoms with van der Waals surface area (Å²) in [6, 6.07) is 4.23. The maximum atomic E-state index is 14.2. The highest BCUT2D eigenvalue weighted by Crippen LogP contribution is 2.36. The van der Waals surface area contributed by atoms with Crippen molar-refractivity contribution < 1.29 is 18.6 Å². The zero-order chi connectivity index (χ0) is 15.7. The molecule has 0 unspecified atom stereocenters. The van der Waals surface area contributed by atoms with E-state index in [1.807, 2.05) is 0 Å². The number of ether oxygens (including phenoxy) is 1. The Morgan fingerprint density at radius 1 is 1.32 bits per heavy atom. The highest BCUT2D eigenvalue weighted by atomic mass is 19.2. The second-order valence-electron chi connectivity index (χ2n) is 4.42. The monoisotopic (exact) mass is 301 g/mol. The van der Waals surface area contributed by atoms with Crippen LogP contribution in [0.2, 0.25) is 0 Å². The van der Waals surface area contributed by atoms with Gasteiger partial charge in [-0.2, -0.15) is 4.39 Å². The molecule has 110 valence electrons. The third-order valence-corrected chi connectivity index (χ3v) is 3.17. The molecule has 0 bridgehead atoms. The van der Waals surface area contributed by atoms with Crippen LogP contribution in [0.1, 0.15) is 5.56 Å². The molecular formula is C15H9F2N3O2. The first kappa shape index (κ1) is 14.0. The van der Waals surface area contributed by atoms with Gasteiger partial charge >= 0.3 is 0 Å². The van der Waals surface area contributed by atoms with Gasteiger partial charge in [0.15, 0.2) is 11.6 Å². The number of pyridine rings is 1. The van der Waals surface area contributed by atoms with Crippen LogP contribution < -0.4 is 4.74 Å². The van der Waals surface area contributed by atoms with Crippen molar-refractivity contribution in [2.75, 3.05) is 0 Å². The number of fused-ring (bicyclic) bond motifs is 1. The minimum atomic E-state index is -1.21. The molecule has 0 saturated heterocycles. The molecule has 1 aromatic carbocycles. The topological polar surface area (TPSA) is 62.5 Å². The van der Waals surface area contributed by atoms with E-state index in [0.29, 0.717) is 5.39 Å². The molecule has 7 heteroatoms. The second kappa shape index (κ2) is 5.42. The maximum absolute atomic E-state index is 14.2. The summed E-state index contributed by atoms with van der Waals surface area (Å²) in [5, 5.41) is 9.81. The highest BCUT2D eigenvalue weighted by molar-refractivity contribution is 5.86. The number of nitrogens with one attached hydrogen (secondary N) is 1. The number of aromatic amines is 1. The Balaban J connectivity index is 2.17. The minimum absolute atomic E-state index is 0.0366. The summed E-state index contributed by atoms with van der Waals surface area (Å²) < 4.78 is 33.6. The predicted molar refractivity (Wildman–Crippen MR) is 74.7 cm³/mol. The lowest BCUT2D eigenvalue weighted by molar-refractivity contribution is 0.275. The fourth-order valence-electron chi connectivity index (χ4n) is 2.17. The first-order chi connectivity index (χ1) is 10.7. The molecule has 0 aliphatic heterocycles. The lowest BCUT2D eigenvalue weighted by atomic mass is 10.1. The van der Waals surface area contributed by atoms with E-state index < -0.39 is 24.0 Å². The van der Waals surface area contributed by atoms with E-state index in [1.54, 1.807) is 0 Å². The predicted octanol–water partition coefficient (Wildman–Crippen LogP) is 3.68. The van der Waals surface area contributed by atoms with Crippen LogP contribution in [0.15, 0.2) is 30.6 Å². The average Bonchev–Trinajstić information content (AvgIpc) is 3.02. The van der Waals surface area contributed by atoms with E-state index in [9.17, 15) is 13.9 Å².